The van der Waals surface area contributed by atoms with Crippen LogP contribution in [0.2, 0.25) is 0 Å². The van der Waals surface area contributed by atoms with Gasteiger partial charge in [0.2, 0.25) is 0 Å². The summed E-state index contributed by atoms with van der Waals surface area (Å²) in [5.74, 6) is 0.505. The molecule has 0 aliphatic heterocycles. The average molecular weight is 286 g/mol. The Morgan fingerprint density at radius 2 is 1.80 bits per heavy atom. The monoisotopic (exact) mass is 286 g/mol. The summed E-state index contributed by atoms with van der Waals surface area (Å²) in [7, 11) is 0. The minimum absolute atomic E-state index is 0.0114. The molecule has 20 heavy (non-hydrogen) atoms. The summed E-state index contributed by atoms with van der Waals surface area (Å²) in [4.78, 5) is 12.0. The van der Waals surface area contributed by atoms with E-state index in [1.165, 1.54) is 30.4 Å². The molecule has 3 nitrogen and oxygen atoms in total. The van der Waals surface area contributed by atoms with Gasteiger partial charge in [-0.3, -0.25) is 4.79 Å². The third kappa shape index (κ3) is 3.42. The Bertz CT molecular complexity index is 645. The third-order valence-electron chi connectivity index (χ3n) is 2.85. The molecule has 2 rings (SSSR count). The lowest BCUT2D eigenvalue weighted by Crippen LogP contribution is -1.94. The van der Waals surface area contributed by atoms with Crippen LogP contribution in [0.1, 0.15) is 21.5 Å². The molecule has 0 radical (unpaired) electrons. The lowest BCUT2D eigenvalue weighted by atomic mass is 10.1. The summed E-state index contributed by atoms with van der Waals surface area (Å²) >= 11 is 4.16. The summed E-state index contributed by atoms with van der Waals surface area (Å²) in [5.41, 5.74) is 2.00. The highest BCUT2D eigenvalue weighted by Gasteiger charge is 2.03. The van der Waals surface area contributed by atoms with E-state index in [2.05, 4.69) is 12.6 Å². The second-order valence-corrected chi connectivity index (χ2v) is 4.61. The van der Waals surface area contributed by atoms with Gasteiger partial charge in [-0.05, 0) is 35.9 Å². The van der Waals surface area contributed by atoms with Gasteiger partial charge in [-0.1, -0.05) is 24.3 Å². The molecule has 0 saturated heterocycles. The van der Waals surface area contributed by atoms with Gasteiger partial charge in [-0.15, -0.1) is 0 Å². The van der Waals surface area contributed by atoms with E-state index in [9.17, 15) is 15.0 Å². The fourth-order valence-electron chi connectivity index (χ4n) is 1.71. The predicted molar refractivity (Wildman–Crippen MR) is 82.3 cm³/mol. The van der Waals surface area contributed by atoms with Gasteiger partial charge in [0, 0.05) is 16.9 Å². The van der Waals surface area contributed by atoms with Gasteiger partial charge in [-0.2, -0.15) is 12.6 Å². The Morgan fingerprint density at radius 1 is 1.10 bits per heavy atom. The number of phenolic OH excluding ortho intramolecular Hbond substituents is 2. The van der Waals surface area contributed by atoms with Crippen molar-refractivity contribution in [1.82, 2.24) is 0 Å². The van der Waals surface area contributed by atoms with E-state index in [0.717, 1.165) is 5.56 Å². The van der Waals surface area contributed by atoms with Crippen molar-refractivity contribution in [3.05, 3.63) is 65.2 Å². The number of thiol groups is 1. The number of benzene rings is 2. The molecule has 0 saturated carbocycles. The summed E-state index contributed by atoms with van der Waals surface area (Å²) in [6.07, 6.45) is 2.84. The second kappa shape index (κ2) is 6.30. The molecule has 0 aliphatic carbocycles. The number of aromatic hydroxyl groups is 2. The van der Waals surface area contributed by atoms with Crippen LogP contribution in [0.25, 0.3) is 6.08 Å². The highest BCUT2D eigenvalue weighted by atomic mass is 32.1. The highest BCUT2D eigenvalue weighted by Crippen LogP contribution is 2.23. The number of carbonyl (C=O) groups excluding carboxylic acids is 1. The Balaban J connectivity index is 2.17. The van der Waals surface area contributed by atoms with E-state index < -0.39 is 0 Å². The van der Waals surface area contributed by atoms with E-state index in [-0.39, 0.29) is 17.3 Å². The molecule has 0 heterocycles. The quantitative estimate of drug-likeness (QED) is 0.349. The maximum absolute atomic E-state index is 12.0. The summed E-state index contributed by atoms with van der Waals surface area (Å²) in [6.45, 7) is 0. The smallest absolute Gasteiger partial charge is 0.185 e. The molecule has 102 valence electrons. The Hall–Kier alpha value is -2.20. The summed E-state index contributed by atoms with van der Waals surface area (Å²) in [6, 6.07) is 11.3. The van der Waals surface area contributed by atoms with Gasteiger partial charge in [0.05, 0.1) is 0 Å². The zero-order chi connectivity index (χ0) is 14.5. The Kier molecular flexibility index (Phi) is 4.48. The van der Waals surface area contributed by atoms with Crippen LogP contribution in [0.5, 0.6) is 11.5 Å². The number of rotatable bonds is 4. The first-order chi connectivity index (χ1) is 9.60. The lowest BCUT2D eigenvalue weighted by molar-refractivity contribution is 0.104. The van der Waals surface area contributed by atoms with Crippen molar-refractivity contribution in [3.8, 4) is 11.5 Å². The molecular formula is C16H14O3S. The molecule has 4 heteroatoms. The Labute approximate surface area is 122 Å². The van der Waals surface area contributed by atoms with Crippen LogP contribution in [0.4, 0.5) is 0 Å². The molecule has 0 atom stereocenters. The second-order valence-electron chi connectivity index (χ2n) is 4.30. The highest BCUT2D eigenvalue weighted by molar-refractivity contribution is 7.79. The number of phenols is 2. The van der Waals surface area contributed by atoms with Crippen LogP contribution < -0.4 is 0 Å². The maximum Gasteiger partial charge on any atom is 0.185 e. The molecular weight excluding hydrogens is 272 g/mol. The van der Waals surface area contributed by atoms with Gasteiger partial charge in [0.25, 0.3) is 0 Å². The van der Waals surface area contributed by atoms with E-state index in [1.54, 1.807) is 12.1 Å². The van der Waals surface area contributed by atoms with Crippen molar-refractivity contribution in [2.75, 3.05) is 0 Å². The Morgan fingerprint density at radius 3 is 2.45 bits per heavy atom. The van der Waals surface area contributed by atoms with Crippen molar-refractivity contribution in [2.24, 2.45) is 0 Å². The van der Waals surface area contributed by atoms with Gasteiger partial charge in [0.15, 0.2) is 5.78 Å². The molecule has 0 unspecified atom stereocenters. The molecule has 2 aromatic rings. The van der Waals surface area contributed by atoms with Crippen LogP contribution in [-0.2, 0) is 5.75 Å². The zero-order valence-electron chi connectivity index (χ0n) is 10.7. The fourth-order valence-corrected chi connectivity index (χ4v) is 1.92. The van der Waals surface area contributed by atoms with Crippen molar-refractivity contribution in [2.45, 2.75) is 5.75 Å². The predicted octanol–water partition coefficient (Wildman–Crippen LogP) is 3.42. The lowest BCUT2D eigenvalue weighted by Gasteiger charge is -2.00. The molecule has 0 fully saturated rings. The van der Waals surface area contributed by atoms with E-state index >= 15 is 0 Å². The number of ketones is 1. The van der Waals surface area contributed by atoms with Gasteiger partial charge >= 0.3 is 0 Å². The van der Waals surface area contributed by atoms with Crippen molar-refractivity contribution in [3.63, 3.8) is 0 Å². The van der Waals surface area contributed by atoms with Crippen molar-refractivity contribution < 1.29 is 15.0 Å². The topological polar surface area (TPSA) is 57.5 Å². The molecule has 2 aromatic carbocycles. The first-order valence-corrected chi connectivity index (χ1v) is 6.67. The number of carbonyl (C=O) groups is 1. The van der Waals surface area contributed by atoms with Crippen LogP contribution in [0.3, 0.4) is 0 Å². The number of allylic oxidation sites excluding steroid dienone is 1. The zero-order valence-corrected chi connectivity index (χ0v) is 11.5. The van der Waals surface area contributed by atoms with Crippen molar-refractivity contribution >= 4 is 24.5 Å². The first kappa shape index (κ1) is 14.2. The fraction of sp³-hybridized carbons (Fsp3) is 0.0625. The molecule has 0 aromatic heterocycles. The SMILES string of the molecule is O=C(/C=C/c1cc(O)ccc1O)c1ccc(CS)cc1. The van der Waals surface area contributed by atoms with E-state index in [4.69, 9.17) is 0 Å². The number of hydrogen-bond donors (Lipinski definition) is 3. The average Bonchev–Trinajstić information content (AvgIpc) is 2.48. The minimum atomic E-state index is -0.168. The molecule has 0 amide bonds. The maximum atomic E-state index is 12.0. The van der Waals surface area contributed by atoms with Crippen LogP contribution in [0.15, 0.2) is 48.5 Å². The summed E-state index contributed by atoms with van der Waals surface area (Å²) in [5, 5.41) is 18.9. The largest absolute Gasteiger partial charge is 0.508 e. The van der Waals surface area contributed by atoms with E-state index in [0.29, 0.717) is 16.9 Å². The molecule has 2 N–H and O–H groups in total. The van der Waals surface area contributed by atoms with Crippen LogP contribution in [-0.4, -0.2) is 16.0 Å². The van der Waals surface area contributed by atoms with Crippen LogP contribution >= 0.6 is 12.6 Å². The van der Waals surface area contributed by atoms with Crippen molar-refractivity contribution in [1.29, 1.82) is 0 Å². The first-order valence-electron chi connectivity index (χ1n) is 6.04. The molecule has 0 spiro atoms. The number of hydrogen-bond acceptors (Lipinski definition) is 4. The molecule has 0 aliphatic rings. The third-order valence-corrected chi connectivity index (χ3v) is 3.21. The van der Waals surface area contributed by atoms with Crippen LogP contribution in [0, 0.1) is 0 Å². The standard InChI is InChI=1S/C16H14O3S/c17-14-6-8-16(19)13(9-14)5-7-15(18)12-3-1-11(10-20)2-4-12/h1-9,17,19-20H,10H2/b7-5+. The molecule has 0 bridgehead atoms. The normalized spacial score (nSPS) is 10.8. The summed E-state index contributed by atoms with van der Waals surface area (Å²) < 4.78 is 0. The van der Waals surface area contributed by atoms with E-state index in [1.807, 2.05) is 12.1 Å². The van der Waals surface area contributed by atoms with Gasteiger partial charge in [0.1, 0.15) is 11.5 Å². The van der Waals surface area contributed by atoms with Gasteiger partial charge < -0.3 is 10.2 Å². The van der Waals surface area contributed by atoms with Gasteiger partial charge in [-0.25, -0.2) is 0 Å². The minimum Gasteiger partial charge on any atom is -0.508 e.